The Labute approximate surface area is 96.2 Å². The van der Waals surface area contributed by atoms with Crippen molar-refractivity contribution in [1.82, 2.24) is 0 Å². The minimum absolute atomic E-state index is 0.751. The number of nitrogens with two attached hydrogens (primary N) is 1. The zero-order valence-corrected chi connectivity index (χ0v) is 9.48. The van der Waals surface area contributed by atoms with E-state index >= 15 is 0 Å². The maximum Gasteiger partial charge on any atom is 0.0642 e. The highest BCUT2D eigenvalue weighted by Gasteiger charge is 2.28. The number of rotatable bonds is 2. The number of anilines is 2. The van der Waals surface area contributed by atoms with Crippen LogP contribution in [0.3, 0.4) is 0 Å². The lowest BCUT2D eigenvalue weighted by atomic mass is 10.1. The first-order chi connectivity index (χ1) is 7.84. The Kier molecular flexibility index (Phi) is 2.48. The van der Waals surface area contributed by atoms with Crippen LogP contribution >= 0.6 is 0 Å². The standard InChI is InChI=1S/C13H18N2O/c14-11-3-4-13(12(9-11)10-1-2-10)15-5-7-16-8-6-15/h3-4,9-10H,1-2,5-8,14H2. The van der Waals surface area contributed by atoms with Crippen molar-refractivity contribution in [2.75, 3.05) is 36.9 Å². The molecule has 16 heavy (non-hydrogen) atoms. The van der Waals surface area contributed by atoms with E-state index < -0.39 is 0 Å². The third-order valence-electron chi connectivity index (χ3n) is 3.42. The second-order valence-electron chi connectivity index (χ2n) is 4.69. The molecule has 0 radical (unpaired) electrons. The maximum absolute atomic E-state index is 5.88. The van der Waals surface area contributed by atoms with E-state index in [9.17, 15) is 0 Å². The van der Waals surface area contributed by atoms with Gasteiger partial charge in [0.15, 0.2) is 0 Å². The van der Waals surface area contributed by atoms with Crippen molar-refractivity contribution >= 4 is 11.4 Å². The van der Waals surface area contributed by atoms with Crippen LogP contribution in [0, 0.1) is 0 Å². The summed E-state index contributed by atoms with van der Waals surface area (Å²) in [7, 11) is 0. The van der Waals surface area contributed by atoms with Crippen molar-refractivity contribution < 1.29 is 4.74 Å². The molecule has 1 aromatic rings. The molecule has 3 rings (SSSR count). The molecule has 0 aromatic heterocycles. The van der Waals surface area contributed by atoms with Crippen LogP contribution < -0.4 is 10.6 Å². The average Bonchev–Trinajstić information content (AvgIpc) is 3.14. The summed E-state index contributed by atoms with van der Waals surface area (Å²) in [6, 6.07) is 6.34. The maximum atomic E-state index is 5.88. The van der Waals surface area contributed by atoms with Crippen molar-refractivity contribution in [3.05, 3.63) is 23.8 Å². The van der Waals surface area contributed by atoms with Gasteiger partial charge in [-0.05, 0) is 42.5 Å². The zero-order chi connectivity index (χ0) is 11.0. The first-order valence-corrected chi connectivity index (χ1v) is 6.07. The lowest BCUT2D eigenvalue weighted by Gasteiger charge is -2.30. The largest absolute Gasteiger partial charge is 0.399 e. The average molecular weight is 218 g/mol. The molecule has 1 aromatic carbocycles. The minimum Gasteiger partial charge on any atom is -0.399 e. The molecule has 0 unspecified atom stereocenters. The van der Waals surface area contributed by atoms with Gasteiger partial charge >= 0.3 is 0 Å². The van der Waals surface area contributed by atoms with Crippen LogP contribution in [0.2, 0.25) is 0 Å². The number of hydrogen-bond acceptors (Lipinski definition) is 3. The number of nitrogen functional groups attached to an aromatic ring is 1. The molecule has 1 aliphatic carbocycles. The SMILES string of the molecule is Nc1ccc(N2CCOCC2)c(C2CC2)c1. The predicted octanol–water partition coefficient (Wildman–Crippen LogP) is 1.98. The van der Waals surface area contributed by atoms with Gasteiger partial charge in [-0.1, -0.05) is 0 Å². The normalized spacial score (nSPS) is 21.1. The van der Waals surface area contributed by atoms with E-state index in [0.29, 0.717) is 0 Å². The third-order valence-corrected chi connectivity index (χ3v) is 3.42. The fourth-order valence-corrected chi connectivity index (χ4v) is 2.39. The Morgan fingerprint density at radius 2 is 1.94 bits per heavy atom. The van der Waals surface area contributed by atoms with Gasteiger partial charge in [-0.25, -0.2) is 0 Å². The third kappa shape index (κ3) is 1.87. The van der Waals surface area contributed by atoms with E-state index in [2.05, 4.69) is 17.0 Å². The number of ether oxygens (including phenoxy) is 1. The van der Waals surface area contributed by atoms with Gasteiger partial charge in [0.25, 0.3) is 0 Å². The molecule has 0 spiro atoms. The molecule has 1 aliphatic heterocycles. The summed E-state index contributed by atoms with van der Waals surface area (Å²) < 4.78 is 5.39. The lowest BCUT2D eigenvalue weighted by molar-refractivity contribution is 0.122. The predicted molar refractivity (Wildman–Crippen MR) is 65.9 cm³/mol. The molecular formula is C13H18N2O. The summed E-state index contributed by atoms with van der Waals surface area (Å²) >= 11 is 0. The Morgan fingerprint density at radius 1 is 1.19 bits per heavy atom. The van der Waals surface area contributed by atoms with Crippen LogP contribution in [-0.4, -0.2) is 26.3 Å². The summed E-state index contributed by atoms with van der Waals surface area (Å²) in [5, 5.41) is 0. The highest BCUT2D eigenvalue weighted by molar-refractivity contribution is 5.62. The van der Waals surface area contributed by atoms with Crippen LogP contribution in [0.25, 0.3) is 0 Å². The molecule has 0 bridgehead atoms. The van der Waals surface area contributed by atoms with Crippen LogP contribution in [0.5, 0.6) is 0 Å². The number of benzene rings is 1. The molecule has 1 saturated carbocycles. The van der Waals surface area contributed by atoms with Gasteiger partial charge in [0.2, 0.25) is 0 Å². The van der Waals surface area contributed by atoms with E-state index in [4.69, 9.17) is 10.5 Å². The first kappa shape index (κ1) is 9.97. The smallest absolute Gasteiger partial charge is 0.0642 e. The second-order valence-corrected chi connectivity index (χ2v) is 4.69. The van der Waals surface area contributed by atoms with Crippen LogP contribution in [0.15, 0.2) is 18.2 Å². The molecule has 1 saturated heterocycles. The van der Waals surface area contributed by atoms with Gasteiger partial charge in [-0.3, -0.25) is 0 Å². The van der Waals surface area contributed by atoms with Gasteiger partial charge in [0.05, 0.1) is 13.2 Å². The van der Waals surface area contributed by atoms with Crippen LogP contribution in [-0.2, 0) is 4.74 Å². The topological polar surface area (TPSA) is 38.5 Å². The van der Waals surface area contributed by atoms with E-state index in [1.807, 2.05) is 6.07 Å². The molecule has 1 heterocycles. The summed E-state index contributed by atoms with van der Waals surface area (Å²) in [6.07, 6.45) is 2.64. The molecule has 3 nitrogen and oxygen atoms in total. The van der Waals surface area contributed by atoms with Crippen LogP contribution in [0.1, 0.15) is 24.3 Å². The van der Waals surface area contributed by atoms with Crippen molar-refractivity contribution in [1.29, 1.82) is 0 Å². The Bertz CT molecular complexity index is 382. The molecular weight excluding hydrogens is 200 g/mol. The van der Waals surface area contributed by atoms with E-state index in [0.717, 1.165) is 37.9 Å². The van der Waals surface area contributed by atoms with E-state index in [1.54, 1.807) is 0 Å². The Hall–Kier alpha value is -1.22. The Morgan fingerprint density at radius 3 is 2.62 bits per heavy atom. The number of hydrogen-bond donors (Lipinski definition) is 1. The number of nitrogens with zero attached hydrogens (tertiary/aromatic N) is 1. The minimum atomic E-state index is 0.751. The quantitative estimate of drug-likeness (QED) is 0.771. The fourth-order valence-electron chi connectivity index (χ4n) is 2.39. The highest BCUT2D eigenvalue weighted by atomic mass is 16.5. The summed E-state index contributed by atoms with van der Waals surface area (Å²) in [4.78, 5) is 2.43. The lowest BCUT2D eigenvalue weighted by Crippen LogP contribution is -2.36. The zero-order valence-electron chi connectivity index (χ0n) is 9.48. The van der Waals surface area contributed by atoms with Gasteiger partial charge in [0.1, 0.15) is 0 Å². The van der Waals surface area contributed by atoms with Gasteiger partial charge in [-0.2, -0.15) is 0 Å². The van der Waals surface area contributed by atoms with E-state index in [-0.39, 0.29) is 0 Å². The Balaban J connectivity index is 1.91. The highest BCUT2D eigenvalue weighted by Crippen LogP contribution is 2.45. The van der Waals surface area contributed by atoms with Crippen LogP contribution in [0.4, 0.5) is 11.4 Å². The molecule has 2 N–H and O–H groups in total. The van der Waals surface area contributed by atoms with Crippen molar-refractivity contribution in [3.8, 4) is 0 Å². The van der Waals surface area contributed by atoms with Gasteiger partial charge in [0, 0.05) is 24.5 Å². The molecule has 86 valence electrons. The first-order valence-electron chi connectivity index (χ1n) is 6.07. The van der Waals surface area contributed by atoms with Crippen molar-refractivity contribution in [2.45, 2.75) is 18.8 Å². The van der Waals surface area contributed by atoms with Crippen molar-refractivity contribution in [3.63, 3.8) is 0 Å². The summed E-state index contributed by atoms with van der Waals surface area (Å²) in [5.74, 6) is 0.751. The summed E-state index contributed by atoms with van der Waals surface area (Å²) in [5.41, 5.74) is 9.59. The fraction of sp³-hybridized carbons (Fsp3) is 0.538. The molecule has 3 heteroatoms. The molecule has 2 fully saturated rings. The number of morpholine rings is 1. The van der Waals surface area contributed by atoms with Gasteiger partial charge < -0.3 is 15.4 Å². The molecule has 2 aliphatic rings. The second kappa shape index (κ2) is 3.98. The summed E-state index contributed by atoms with van der Waals surface area (Å²) in [6.45, 7) is 3.69. The van der Waals surface area contributed by atoms with Crippen molar-refractivity contribution in [2.24, 2.45) is 0 Å². The van der Waals surface area contributed by atoms with E-state index in [1.165, 1.54) is 24.1 Å². The monoisotopic (exact) mass is 218 g/mol. The van der Waals surface area contributed by atoms with Gasteiger partial charge in [-0.15, -0.1) is 0 Å². The molecule has 0 amide bonds. The molecule has 0 atom stereocenters.